The monoisotopic (exact) mass is 520 g/mol. The molecule has 1 saturated carbocycles. The van der Waals surface area contributed by atoms with Gasteiger partial charge in [-0.1, -0.05) is 61.2 Å². The molecule has 0 radical (unpaired) electrons. The molecule has 0 spiro atoms. The first kappa shape index (κ1) is 27.2. The summed E-state index contributed by atoms with van der Waals surface area (Å²) < 4.78 is 39.8. The molecular formula is C30H31F3N4O. The second kappa shape index (κ2) is 12.1. The second-order valence-electron chi connectivity index (χ2n) is 9.39. The Morgan fingerprint density at radius 1 is 0.947 bits per heavy atom. The molecule has 0 saturated heterocycles. The summed E-state index contributed by atoms with van der Waals surface area (Å²) in [4.78, 5) is 13.2. The molecule has 198 valence electrons. The van der Waals surface area contributed by atoms with Crippen molar-refractivity contribution in [3.05, 3.63) is 119 Å². The minimum absolute atomic E-state index is 0.0919. The van der Waals surface area contributed by atoms with Gasteiger partial charge < -0.3 is 21.7 Å². The molecule has 1 unspecified atom stereocenters. The van der Waals surface area contributed by atoms with Gasteiger partial charge in [0.2, 0.25) is 0 Å². The van der Waals surface area contributed by atoms with Gasteiger partial charge in [0.1, 0.15) is 5.70 Å². The second-order valence-corrected chi connectivity index (χ2v) is 9.39. The Balaban J connectivity index is 1.58. The van der Waals surface area contributed by atoms with Gasteiger partial charge in [-0.2, -0.15) is 13.2 Å². The van der Waals surface area contributed by atoms with E-state index < -0.39 is 17.7 Å². The van der Waals surface area contributed by atoms with Gasteiger partial charge in [-0.05, 0) is 72.3 Å². The SMILES string of the molecule is C=C(/C=C(\Nc1cccc(CN)c1)C(=O)Nc1cccc(C(NCC2CC2)c2ccccc2)c1)C(F)(F)F. The van der Waals surface area contributed by atoms with Crippen LogP contribution in [0.3, 0.4) is 0 Å². The molecule has 0 aromatic heterocycles. The summed E-state index contributed by atoms with van der Waals surface area (Å²) in [5.41, 5.74) is 7.92. The number of rotatable bonds is 11. The molecule has 3 aromatic carbocycles. The lowest BCUT2D eigenvalue weighted by Crippen LogP contribution is -2.25. The number of amides is 1. The molecular weight excluding hydrogens is 489 g/mol. The maximum absolute atomic E-state index is 13.3. The van der Waals surface area contributed by atoms with E-state index in [0.717, 1.165) is 23.2 Å². The number of benzene rings is 3. The molecule has 1 aliphatic rings. The largest absolute Gasteiger partial charge is 0.415 e. The number of nitrogens with one attached hydrogen (secondary N) is 3. The molecule has 1 amide bonds. The van der Waals surface area contributed by atoms with E-state index in [2.05, 4.69) is 22.5 Å². The van der Waals surface area contributed by atoms with Crippen molar-refractivity contribution in [2.45, 2.75) is 31.6 Å². The fraction of sp³-hybridized carbons (Fsp3) is 0.233. The first-order valence-electron chi connectivity index (χ1n) is 12.5. The third kappa shape index (κ3) is 7.57. The number of hydrogen-bond acceptors (Lipinski definition) is 4. The molecule has 0 bridgehead atoms. The lowest BCUT2D eigenvalue weighted by atomic mass is 9.98. The number of alkyl halides is 3. The Kier molecular flexibility index (Phi) is 8.66. The summed E-state index contributed by atoms with van der Waals surface area (Å²) >= 11 is 0. The standard InChI is InChI=1S/C30H31F3N4O/c1-20(30(31,32)33)15-27(36-25-11-5-7-22(16-25)18-34)29(38)37-26-12-6-10-24(17-26)28(35-19-21-13-14-21)23-8-3-2-4-9-23/h2-12,15-17,21,28,35-36H,1,13-14,18-19,34H2,(H,37,38)/b27-15-. The van der Waals surface area contributed by atoms with E-state index in [4.69, 9.17) is 5.73 Å². The zero-order valence-corrected chi connectivity index (χ0v) is 20.9. The van der Waals surface area contributed by atoms with Crippen LogP contribution in [0.15, 0.2) is 103 Å². The van der Waals surface area contributed by atoms with Crippen molar-refractivity contribution in [3.63, 3.8) is 0 Å². The van der Waals surface area contributed by atoms with Gasteiger partial charge in [0.05, 0.1) is 11.6 Å². The average Bonchev–Trinajstić information content (AvgIpc) is 3.73. The summed E-state index contributed by atoms with van der Waals surface area (Å²) in [5, 5.41) is 9.16. The lowest BCUT2D eigenvalue weighted by Gasteiger charge is -2.21. The highest BCUT2D eigenvalue weighted by Crippen LogP contribution is 2.31. The van der Waals surface area contributed by atoms with Gasteiger partial charge in [-0.3, -0.25) is 4.79 Å². The predicted octanol–water partition coefficient (Wildman–Crippen LogP) is 6.29. The quantitative estimate of drug-likeness (QED) is 0.177. The third-order valence-corrected chi connectivity index (χ3v) is 6.29. The van der Waals surface area contributed by atoms with Gasteiger partial charge in [0, 0.05) is 17.9 Å². The molecule has 8 heteroatoms. The van der Waals surface area contributed by atoms with Crippen molar-refractivity contribution in [1.29, 1.82) is 0 Å². The lowest BCUT2D eigenvalue weighted by molar-refractivity contribution is -0.112. The number of hydrogen-bond donors (Lipinski definition) is 4. The van der Waals surface area contributed by atoms with Gasteiger partial charge in [-0.25, -0.2) is 0 Å². The Bertz CT molecular complexity index is 1300. The fourth-order valence-electron chi connectivity index (χ4n) is 4.02. The summed E-state index contributed by atoms with van der Waals surface area (Å²) in [6, 6.07) is 24.0. The normalized spacial score (nSPS) is 14.6. The van der Waals surface area contributed by atoms with Crippen LogP contribution < -0.4 is 21.7 Å². The topological polar surface area (TPSA) is 79.2 Å². The summed E-state index contributed by atoms with van der Waals surface area (Å²) in [7, 11) is 0. The number of carbonyl (C=O) groups is 1. The van der Waals surface area contributed by atoms with Crippen LogP contribution in [-0.4, -0.2) is 18.6 Å². The van der Waals surface area contributed by atoms with Crippen LogP contribution in [-0.2, 0) is 11.3 Å². The third-order valence-electron chi connectivity index (χ3n) is 6.29. The Morgan fingerprint density at radius 3 is 2.26 bits per heavy atom. The molecule has 5 N–H and O–H groups in total. The maximum Gasteiger partial charge on any atom is 0.415 e. The Labute approximate surface area is 220 Å². The Hall–Kier alpha value is -3.88. The molecule has 0 heterocycles. The molecule has 1 fully saturated rings. The van der Waals surface area contributed by atoms with Crippen LogP contribution in [0.5, 0.6) is 0 Å². The predicted molar refractivity (Wildman–Crippen MR) is 145 cm³/mol. The molecule has 4 rings (SSSR count). The highest BCUT2D eigenvalue weighted by atomic mass is 19.4. The number of halogens is 3. The Morgan fingerprint density at radius 2 is 1.61 bits per heavy atom. The first-order valence-corrected chi connectivity index (χ1v) is 12.5. The molecule has 0 aliphatic heterocycles. The summed E-state index contributed by atoms with van der Waals surface area (Å²) in [5.74, 6) is -0.0599. The number of allylic oxidation sites excluding steroid dienone is 2. The highest BCUT2D eigenvalue weighted by Gasteiger charge is 2.31. The van der Waals surface area contributed by atoms with E-state index in [0.29, 0.717) is 23.4 Å². The van der Waals surface area contributed by atoms with E-state index in [1.165, 1.54) is 12.8 Å². The van der Waals surface area contributed by atoms with Crippen LogP contribution in [0.1, 0.15) is 35.6 Å². The number of nitrogens with two attached hydrogens (primary N) is 1. The van der Waals surface area contributed by atoms with Gasteiger partial charge in [-0.15, -0.1) is 0 Å². The minimum atomic E-state index is -4.68. The smallest absolute Gasteiger partial charge is 0.351 e. The minimum Gasteiger partial charge on any atom is -0.351 e. The molecule has 1 aliphatic carbocycles. The molecule has 5 nitrogen and oxygen atoms in total. The van der Waals surface area contributed by atoms with Crippen LogP contribution in [0, 0.1) is 5.92 Å². The fourth-order valence-corrected chi connectivity index (χ4v) is 4.02. The molecule has 1 atom stereocenters. The zero-order chi connectivity index (χ0) is 27.1. The average molecular weight is 521 g/mol. The van der Waals surface area contributed by atoms with Gasteiger partial charge in [0.25, 0.3) is 5.91 Å². The van der Waals surface area contributed by atoms with E-state index >= 15 is 0 Å². The van der Waals surface area contributed by atoms with E-state index in [1.807, 2.05) is 48.5 Å². The van der Waals surface area contributed by atoms with Crippen molar-refractivity contribution in [1.82, 2.24) is 5.32 Å². The van der Waals surface area contributed by atoms with Crippen molar-refractivity contribution in [3.8, 4) is 0 Å². The molecule has 38 heavy (non-hydrogen) atoms. The van der Waals surface area contributed by atoms with E-state index in [1.54, 1.807) is 30.3 Å². The van der Waals surface area contributed by atoms with Crippen molar-refractivity contribution in [2.24, 2.45) is 11.7 Å². The van der Waals surface area contributed by atoms with Gasteiger partial charge in [0.15, 0.2) is 0 Å². The van der Waals surface area contributed by atoms with Crippen LogP contribution in [0.2, 0.25) is 0 Å². The van der Waals surface area contributed by atoms with Crippen molar-refractivity contribution >= 4 is 17.3 Å². The van der Waals surface area contributed by atoms with Gasteiger partial charge >= 0.3 is 6.18 Å². The van der Waals surface area contributed by atoms with Crippen molar-refractivity contribution < 1.29 is 18.0 Å². The number of anilines is 2. The van der Waals surface area contributed by atoms with Crippen molar-refractivity contribution in [2.75, 3.05) is 17.2 Å². The molecule has 3 aromatic rings. The van der Waals surface area contributed by atoms with E-state index in [9.17, 15) is 18.0 Å². The van der Waals surface area contributed by atoms with E-state index in [-0.39, 0.29) is 18.3 Å². The van der Waals surface area contributed by atoms with Crippen LogP contribution in [0.25, 0.3) is 0 Å². The highest BCUT2D eigenvalue weighted by molar-refractivity contribution is 6.06. The summed E-state index contributed by atoms with van der Waals surface area (Å²) in [6.07, 6.45) is -1.55. The van der Waals surface area contributed by atoms with Crippen LogP contribution in [0.4, 0.5) is 24.5 Å². The zero-order valence-electron chi connectivity index (χ0n) is 20.9. The van der Waals surface area contributed by atoms with Crippen LogP contribution >= 0.6 is 0 Å². The maximum atomic E-state index is 13.3. The summed E-state index contributed by atoms with van der Waals surface area (Å²) in [6.45, 7) is 4.22. The first-order chi connectivity index (χ1) is 18.2. The number of carbonyl (C=O) groups excluding carboxylic acids is 1.